The number of aromatic hydroxyl groups is 1. The van der Waals surface area contributed by atoms with Gasteiger partial charge in [-0.3, -0.25) is 4.79 Å². The second kappa shape index (κ2) is 14.3. The maximum atomic E-state index is 12.6. The number of halogens is 2. The van der Waals surface area contributed by atoms with Gasteiger partial charge in [0.25, 0.3) is 0 Å². The van der Waals surface area contributed by atoms with Crippen molar-refractivity contribution in [3.8, 4) is 5.75 Å². The zero-order valence-electron chi connectivity index (χ0n) is 24.3. The Labute approximate surface area is 255 Å². The average molecular weight is 687 g/mol. The molecule has 1 aromatic carbocycles. The van der Waals surface area contributed by atoms with Crippen molar-refractivity contribution in [1.29, 1.82) is 0 Å². The lowest BCUT2D eigenvalue weighted by Gasteiger charge is -2.51. The molecule has 218 valence electrons. The van der Waals surface area contributed by atoms with E-state index < -0.39 is 0 Å². The minimum absolute atomic E-state index is 0.0112. The van der Waals surface area contributed by atoms with Crippen LogP contribution >= 0.6 is 43.2 Å². The summed E-state index contributed by atoms with van der Waals surface area (Å²) in [5, 5.41) is 25.1. The van der Waals surface area contributed by atoms with Crippen LogP contribution in [0.25, 0.3) is 0 Å². The van der Waals surface area contributed by atoms with Gasteiger partial charge in [-0.15, -0.1) is 11.3 Å². The van der Waals surface area contributed by atoms with Gasteiger partial charge in [0.05, 0.1) is 15.0 Å². The lowest BCUT2D eigenvalue weighted by molar-refractivity contribution is -0.116. The number of thiazole rings is 1. The number of aliphatic hydroxyl groups is 1. The molecule has 5 nitrogen and oxygen atoms in total. The highest BCUT2D eigenvalue weighted by atomic mass is 79.9. The molecule has 0 aliphatic heterocycles. The monoisotopic (exact) mass is 684 g/mol. The second-order valence-electron chi connectivity index (χ2n) is 11.3. The summed E-state index contributed by atoms with van der Waals surface area (Å²) in [6.07, 6.45) is 10.2. The highest BCUT2D eigenvalue weighted by Crippen LogP contribution is 2.64. The SMILES string of the molecule is CC.CCCC.Cc1cnc(NC(=O)CCC2CC(O)C3(C)CCC4c5cc(Br)c(O)c(Br)c5CCC4C23)s1. The molecule has 0 radical (unpaired) electrons. The number of hydrogen-bond acceptors (Lipinski definition) is 5. The molecule has 1 aromatic heterocycles. The van der Waals surface area contributed by atoms with Crippen molar-refractivity contribution in [2.45, 2.75) is 111 Å². The van der Waals surface area contributed by atoms with E-state index in [1.54, 1.807) is 6.20 Å². The van der Waals surface area contributed by atoms with Crippen LogP contribution in [0.3, 0.4) is 0 Å². The molecule has 3 N–H and O–H groups in total. The molecule has 1 amide bonds. The number of aromatic nitrogens is 1. The summed E-state index contributed by atoms with van der Waals surface area (Å²) in [5.74, 6) is 1.96. The molecule has 2 saturated carbocycles. The van der Waals surface area contributed by atoms with Gasteiger partial charge in [0.1, 0.15) is 5.75 Å². The number of nitrogens with zero attached hydrogens (tertiary/aromatic N) is 1. The molecule has 6 unspecified atom stereocenters. The van der Waals surface area contributed by atoms with Crippen LogP contribution in [0, 0.1) is 30.1 Å². The molecule has 3 aliphatic carbocycles. The number of benzene rings is 1. The average Bonchev–Trinajstić information content (AvgIpc) is 3.46. The Kier molecular flexibility index (Phi) is 11.9. The third-order valence-corrected chi connectivity index (χ3v) is 11.4. The zero-order valence-corrected chi connectivity index (χ0v) is 28.3. The van der Waals surface area contributed by atoms with Gasteiger partial charge < -0.3 is 15.5 Å². The van der Waals surface area contributed by atoms with E-state index in [1.165, 1.54) is 35.3 Å². The van der Waals surface area contributed by atoms with Crippen molar-refractivity contribution in [1.82, 2.24) is 4.98 Å². The third kappa shape index (κ3) is 6.92. The van der Waals surface area contributed by atoms with Crippen molar-refractivity contribution in [3.63, 3.8) is 0 Å². The predicted octanol–water partition coefficient (Wildman–Crippen LogP) is 9.38. The van der Waals surface area contributed by atoms with Gasteiger partial charge in [-0.2, -0.15) is 0 Å². The van der Waals surface area contributed by atoms with E-state index >= 15 is 0 Å². The maximum absolute atomic E-state index is 12.6. The summed E-state index contributed by atoms with van der Waals surface area (Å²) in [4.78, 5) is 17.9. The van der Waals surface area contributed by atoms with E-state index in [-0.39, 0.29) is 23.2 Å². The predicted molar refractivity (Wildman–Crippen MR) is 170 cm³/mol. The summed E-state index contributed by atoms with van der Waals surface area (Å²) in [5.41, 5.74) is 2.48. The minimum Gasteiger partial charge on any atom is -0.506 e. The fraction of sp³-hybridized carbons (Fsp3) is 0.677. The fourth-order valence-corrected chi connectivity index (χ4v) is 9.14. The lowest BCUT2D eigenvalue weighted by Crippen LogP contribution is -2.45. The van der Waals surface area contributed by atoms with Crippen LogP contribution in [0.4, 0.5) is 5.13 Å². The molecule has 0 bridgehead atoms. The van der Waals surface area contributed by atoms with Crippen LogP contribution in [-0.4, -0.2) is 27.2 Å². The van der Waals surface area contributed by atoms with Gasteiger partial charge in [0.2, 0.25) is 5.91 Å². The van der Waals surface area contributed by atoms with Crippen LogP contribution in [0.5, 0.6) is 5.75 Å². The number of amides is 1. The van der Waals surface area contributed by atoms with Gasteiger partial charge in [-0.05, 0) is 124 Å². The summed E-state index contributed by atoms with van der Waals surface area (Å²) < 4.78 is 1.55. The summed E-state index contributed by atoms with van der Waals surface area (Å²) in [6, 6.07) is 2.11. The number of fused-ring (bicyclic) bond motifs is 5. The molecule has 1 heterocycles. The Morgan fingerprint density at radius 1 is 1.23 bits per heavy atom. The Morgan fingerprint density at radius 3 is 2.54 bits per heavy atom. The van der Waals surface area contributed by atoms with Crippen molar-refractivity contribution in [2.24, 2.45) is 23.2 Å². The first kappa shape index (κ1) is 32.6. The molecular weight excluding hydrogens is 640 g/mol. The molecule has 6 atom stereocenters. The van der Waals surface area contributed by atoms with Crippen LogP contribution in [0.15, 0.2) is 21.2 Å². The number of carbonyl (C=O) groups is 1. The molecule has 2 aromatic rings. The largest absolute Gasteiger partial charge is 0.506 e. The van der Waals surface area contributed by atoms with Crippen LogP contribution in [0.2, 0.25) is 0 Å². The Balaban J connectivity index is 0.000000644. The third-order valence-electron chi connectivity index (χ3n) is 9.10. The van der Waals surface area contributed by atoms with Crippen LogP contribution < -0.4 is 5.32 Å². The second-order valence-corrected chi connectivity index (χ2v) is 14.2. The van der Waals surface area contributed by atoms with E-state index in [2.05, 4.69) is 69.0 Å². The molecule has 0 spiro atoms. The molecule has 0 saturated heterocycles. The van der Waals surface area contributed by atoms with Crippen molar-refractivity contribution >= 4 is 54.2 Å². The Hall–Kier alpha value is -0.960. The van der Waals surface area contributed by atoms with Crippen LogP contribution in [0.1, 0.15) is 108 Å². The highest BCUT2D eigenvalue weighted by Gasteiger charge is 2.58. The minimum atomic E-state index is -0.308. The van der Waals surface area contributed by atoms with Gasteiger partial charge in [-0.1, -0.05) is 47.5 Å². The van der Waals surface area contributed by atoms with Crippen molar-refractivity contribution < 1.29 is 15.0 Å². The van der Waals surface area contributed by atoms with Crippen molar-refractivity contribution in [2.75, 3.05) is 5.32 Å². The maximum Gasteiger partial charge on any atom is 0.226 e. The number of unbranched alkanes of at least 4 members (excludes halogenated alkanes) is 1. The van der Waals surface area contributed by atoms with Gasteiger partial charge in [0.15, 0.2) is 5.13 Å². The number of aliphatic hydroxyl groups excluding tert-OH is 1. The van der Waals surface area contributed by atoms with Crippen LogP contribution in [-0.2, 0) is 11.2 Å². The highest BCUT2D eigenvalue weighted by molar-refractivity contribution is 9.11. The fourth-order valence-electron chi connectivity index (χ4n) is 7.10. The summed E-state index contributed by atoms with van der Waals surface area (Å²) in [7, 11) is 0. The number of hydrogen-bond donors (Lipinski definition) is 3. The first-order chi connectivity index (χ1) is 18.6. The number of anilines is 1. The zero-order chi connectivity index (χ0) is 28.9. The van der Waals surface area contributed by atoms with E-state index in [9.17, 15) is 15.0 Å². The van der Waals surface area contributed by atoms with E-state index in [1.807, 2.05) is 20.8 Å². The van der Waals surface area contributed by atoms with Gasteiger partial charge in [0, 0.05) is 17.5 Å². The smallest absolute Gasteiger partial charge is 0.226 e. The lowest BCUT2D eigenvalue weighted by atomic mass is 9.53. The number of aryl methyl sites for hydroxylation is 1. The Morgan fingerprint density at radius 2 is 1.92 bits per heavy atom. The quantitative estimate of drug-likeness (QED) is 0.293. The normalized spacial score (nSPS) is 28.6. The summed E-state index contributed by atoms with van der Waals surface area (Å²) >= 11 is 8.65. The molecule has 8 heteroatoms. The molecular formula is C31H46Br2N2O3S. The first-order valence-corrected chi connectivity index (χ1v) is 17.1. The van der Waals surface area contributed by atoms with Gasteiger partial charge in [-0.25, -0.2) is 4.98 Å². The Bertz CT molecular complexity index is 1120. The van der Waals surface area contributed by atoms with Crippen molar-refractivity contribution in [3.05, 3.63) is 37.2 Å². The number of carbonyl (C=O) groups excluding carboxylic acids is 1. The number of phenols is 1. The number of phenolic OH excluding ortho intramolecular Hbond substituents is 1. The number of nitrogens with one attached hydrogen (secondary N) is 1. The topological polar surface area (TPSA) is 82.5 Å². The van der Waals surface area contributed by atoms with E-state index in [4.69, 9.17) is 0 Å². The number of rotatable bonds is 5. The molecule has 3 aliphatic rings. The van der Waals surface area contributed by atoms with E-state index in [0.717, 1.165) is 52.3 Å². The molecule has 2 fully saturated rings. The van der Waals surface area contributed by atoms with E-state index in [0.29, 0.717) is 35.2 Å². The standard InChI is InChI=1S/C25H30Br2N2O3S.C4H10.C2H6/c1-12-11-28-24(33-12)29-20(31)6-3-13-9-19(30)25(2)8-7-14-15(21(13)25)4-5-16-17(14)10-18(26)23(32)22(16)27;1-3-4-2;1-2/h10-11,13-15,19,21,30,32H,3-9H2,1-2H3,(H,28,29,31);3-4H2,1-2H3;1-2H3. The first-order valence-electron chi connectivity index (χ1n) is 14.7. The van der Waals surface area contributed by atoms with Gasteiger partial charge >= 0.3 is 0 Å². The molecule has 39 heavy (non-hydrogen) atoms. The molecule has 5 rings (SSSR count). The summed E-state index contributed by atoms with van der Waals surface area (Å²) in [6.45, 7) is 12.6.